The SMILES string of the molecule is C=CC[C@H](OCc1ccccc1)C(=O)N1CCOCC1. The molecule has 20 heavy (non-hydrogen) atoms. The molecule has 1 atom stereocenters. The highest BCUT2D eigenvalue weighted by molar-refractivity contribution is 5.81. The van der Waals surface area contributed by atoms with Crippen LogP contribution in [0, 0.1) is 0 Å². The van der Waals surface area contributed by atoms with Gasteiger partial charge in [-0.3, -0.25) is 4.79 Å². The highest BCUT2D eigenvalue weighted by atomic mass is 16.5. The molecule has 0 unspecified atom stereocenters. The smallest absolute Gasteiger partial charge is 0.252 e. The van der Waals surface area contributed by atoms with E-state index in [2.05, 4.69) is 6.58 Å². The number of morpholine rings is 1. The zero-order chi connectivity index (χ0) is 14.2. The zero-order valence-electron chi connectivity index (χ0n) is 11.7. The molecule has 1 aliphatic rings. The van der Waals surface area contributed by atoms with Gasteiger partial charge in [-0.1, -0.05) is 36.4 Å². The highest BCUT2D eigenvalue weighted by Gasteiger charge is 2.25. The van der Waals surface area contributed by atoms with Crippen LogP contribution in [0.25, 0.3) is 0 Å². The van der Waals surface area contributed by atoms with Gasteiger partial charge in [-0.15, -0.1) is 6.58 Å². The number of amides is 1. The number of carbonyl (C=O) groups excluding carboxylic acids is 1. The highest BCUT2D eigenvalue weighted by Crippen LogP contribution is 2.11. The Hall–Kier alpha value is -1.65. The molecule has 2 rings (SSSR count). The number of hydrogen-bond acceptors (Lipinski definition) is 3. The van der Waals surface area contributed by atoms with Crippen LogP contribution in [0.15, 0.2) is 43.0 Å². The lowest BCUT2D eigenvalue weighted by Gasteiger charge is -2.30. The summed E-state index contributed by atoms with van der Waals surface area (Å²) in [6.45, 7) is 6.63. The molecule has 4 heteroatoms. The van der Waals surface area contributed by atoms with Crippen LogP contribution in [0.1, 0.15) is 12.0 Å². The maximum Gasteiger partial charge on any atom is 0.252 e. The quantitative estimate of drug-likeness (QED) is 0.745. The summed E-state index contributed by atoms with van der Waals surface area (Å²) in [5.74, 6) is 0.0316. The van der Waals surface area contributed by atoms with E-state index >= 15 is 0 Å². The van der Waals surface area contributed by atoms with Gasteiger partial charge >= 0.3 is 0 Å². The average Bonchev–Trinajstić information content (AvgIpc) is 2.52. The molecule has 0 N–H and O–H groups in total. The van der Waals surface area contributed by atoms with Crippen LogP contribution in [0.4, 0.5) is 0 Å². The summed E-state index contributed by atoms with van der Waals surface area (Å²) >= 11 is 0. The summed E-state index contributed by atoms with van der Waals surface area (Å²) in [4.78, 5) is 14.2. The molecule has 1 aliphatic heterocycles. The Balaban J connectivity index is 1.91. The predicted molar refractivity (Wildman–Crippen MR) is 77.2 cm³/mol. The fraction of sp³-hybridized carbons (Fsp3) is 0.438. The van der Waals surface area contributed by atoms with E-state index in [-0.39, 0.29) is 5.91 Å². The second kappa shape index (κ2) is 7.82. The van der Waals surface area contributed by atoms with Crippen molar-refractivity contribution in [2.45, 2.75) is 19.1 Å². The van der Waals surface area contributed by atoms with E-state index in [1.54, 1.807) is 6.08 Å². The molecule has 1 aromatic carbocycles. The molecule has 0 radical (unpaired) electrons. The van der Waals surface area contributed by atoms with Crippen LogP contribution in [-0.4, -0.2) is 43.2 Å². The second-order valence-corrected chi connectivity index (χ2v) is 4.75. The van der Waals surface area contributed by atoms with Crippen LogP contribution in [0.5, 0.6) is 0 Å². The minimum Gasteiger partial charge on any atom is -0.378 e. The Labute approximate surface area is 120 Å². The summed E-state index contributed by atoms with van der Waals surface area (Å²) in [6, 6.07) is 9.87. The maximum atomic E-state index is 12.4. The van der Waals surface area contributed by atoms with Gasteiger partial charge in [0.1, 0.15) is 6.10 Å². The van der Waals surface area contributed by atoms with Crippen molar-refractivity contribution in [3.05, 3.63) is 48.6 Å². The van der Waals surface area contributed by atoms with Crippen molar-refractivity contribution in [1.82, 2.24) is 4.90 Å². The molecule has 0 spiro atoms. The fourth-order valence-corrected chi connectivity index (χ4v) is 2.15. The number of hydrogen-bond donors (Lipinski definition) is 0. The topological polar surface area (TPSA) is 38.8 Å². The van der Waals surface area contributed by atoms with Crippen LogP contribution in [-0.2, 0) is 20.9 Å². The molecule has 1 fully saturated rings. The van der Waals surface area contributed by atoms with E-state index in [1.165, 1.54) is 0 Å². The van der Waals surface area contributed by atoms with Crippen LogP contribution < -0.4 is 0 Å². The third-order valence-corrected chi connectivity index (χ3v) is 3.27. The molecule has 0 saturated carbocycles. The van der Waals surface area contributed by atoms with Crippen molar-refractivity contribution in [1.29, 1.82) is 0 Å². The Morgan fingerprint density at radius 1 is 1.35 bits per heavy atom. The second-order valence-electron chi connectivity index (χ2n) is 4.75. The van der Waals surface area contributed by atoms with E-state index < -0.39 is 6.10 Å². The van der Waals surface area contributed by atoms with Crippen molar-refractivity contribution in [2.24, 2.45) is 0 Å². The van der Waals surface area contributed by atoms with Gasteiger partial charge in [-0.2, -0.15) is 0 Å². The molecule has 108 valence electrons. The first-order chi connectivity index (χ1) is 9.81. The van der Waals surface area contributed by atoms with E-state index in [1.807, 2.05) is 35.2 Å². The number of benzene rings is 1. The molecular formula is C16H21NO3. The van der Waals surface area contributed by atoms with Gasteiger partial charge in [0, 0.05) is 19.5 Å². The number of ether oxygens (including phenoxy) is 2. The number of nitrogens with zero attached hydrogens (tertiary/aromatic N) is 1. The predicted octanol–water partition coefficient (Wildman–Crippen LogP) is 2.01. The zero-order valence-corrected chi connectivity index (χ0v) is 11.7. The third kappa shape index (κ3) is 4.18. The van der Waals surface area contributed by atoms with Crippen LogP contribution in [0.2, 0.25) is 0 Å². The van der Waals surface area contributed by atoms with E-state index in [0.717, 1.165) is 5.56 Å². The van der Waals surface area contributed by atoms with Crippen molar-refractivity contribution in [3.63, 3.8) is 0 Å². The summed E-state index contributed by atoms with van der Waals surface area (Å²) in [5, 5.41) is 0. The molecular weight excluding hydrogens is 254 g/mol. The lowest BCUT2D eigenvalue weighted by molar-refractivity contribution is -0.148. The molecule has 1 heterocycles. The van der Waals surface area contributed by atoms with Gasteiger partial charge in [0.25, 0.3) is 5.91 Å². The van der Waals surface area contributed by atoms with Crippen LogP contribution >= 0.6 is 0 Å². The first-order valence-corrected chi connectivity index (χ1v) is 6.94. The first-order valence-electron chi connectivity index (χ1n) is 6.94. The molecule has 4 nitrogen and oxygen atoms in total. The van der Waals surface area contributed by atoms with Gasteiger partial charge in [0.15, 0.2) is 0 Å². The molecule has 0 bridgehead atoms. The number of rotatable bonds is 6. The average molecular weight is 275 g/mol. The van der Waals surface area contributed by atoms with Gasteiger partial charge in [0.05, 0.1) is 19.8 Å². The fourth-order valence-electron chi connectivity index (χ4n) is 2.15. The summed E-state index contributed by atoms with van der Waals surface area (Å²) in [5.41, 5.74) is 1.07. The van der Waals surface area contributed by atoms with Gasteiger partial charge in [0.2, 0.25) is 0 Å². The minimum atomic E-state index is -0.453. The molecule has 0 aromatic heterocycles. The Bertz CT molecular complexity index is 427. The Morgan fingerprint density at radius 3 is 2.70 bits per heavy atom. The molecule has 0 aliphatic carbocycles. The summed E-state index contributed by atoms with van der Waals surface area (Å²) in [7, 11) is 0. The van der Waals surface area contributed by atoms with Crippen molar-refractivity contribution >= 4 is 5.91 Å². The number of carbonyl (C=O) groups is 1. The monoisotopic (exact) mass is 275 g/mol. The lowest BCUT2D eigenvalue weighted by Crippen LogP contribution is -2.46. The Morgan fingerprint density at radius 2 is 2.05 bits per heavy atom. The third-order valence-electron chi connectivity index (χ3n) is 3.27. The van der Waals surface area contributed by atoms with Gasteiger partial charge < -0.3 is 14.4 Å². The van der Waals surface area contributed by atoms with E-state index in [4.69, 9.17) is 9.47 Å². The summed E-state index contributed by atoms with van der Waals surface area (Å²) in [6.07, 6.45) is 1.81. The van der Waals surface area contributed by atoms with Crippen molar-refractivity contribution < 1.29 is 14.3 Å². The lowest BCUT2D eigenvalue weighted by atomic mass is 10.2. The van der Waals surface area contributed by atoms with Crippen LogP contribution in [0.3, 0.4) is 0 Å². The van der Waals surface area contributed by atoms with Gasteiger partial charge in [-0.05, 0) is 5.56 Å². The van der Waals surface area contributed by atoms with Crippen molar-refractivity contribution in [3.8, 4) is 0 Å². The van der Waals surface area contributed by atoms with E-state index in [0.29, 0.717) is 39.3 Å². The van der Waals surface area contributed by atoms with Crippen molar-refractivity contribution in [2.75, 3.05) is 26.3 Å². The van der Waals surface area contributed by atoms with E-state index in [9.17, 15) is 4.79 Å². The normalized spacial score (nSPS) is 16.7. The van der Waals surface area contributed by atoms with Gasteiger partial charge in [-0.25, -0.2) is 0 Å². The maximum absolute atomic E-state index is 12.4. The first kappa shape index (κ1) is 14.8. The molecule has 1 aromatic rings. The molecule has 1 saturated heterocycles. The standard InChI is InChI=1S/C16H21NO3/c1-2-6-15(16(18)17-9-11-19-12-10-17)20-13-14-7-4-3-5-8-14/h2-5,7-8,15H,1,6,9-13H2/t15-/m0/s1. The largest absolute Gasteiger partial charge is 0.378 e. The molecule has 1 amide bonds. The summed E-state index contributed by atoms with van der Waals surface area (Å²) < 4.78 is 11.0. The Kier molecular flexibility index (Phi) is 5.77. The minimum absolute atomic E-state index is 0.0316.